The highest BCUT2D eigenvalue weighted by Crippen LogP contribution is 2.06. The van der Waals surface area contributed by atoms with Gasteiger partial charge in [0.1, 0.15) is 18.0 Å². The Labute approximate surface area is 197 Å². The van der Waals surface area contributed by atoms with Crippen molar-refractivity contribution < 1.29 is 14.3 Å². The zero-order chi connectivity index (χ0) is 21.7. The summed E-state index contributed by atoms with van der Waals surface area (Å²) in [7, 11) is 1.92. The zero-order valence-electron chi connectivity index (χ0n) is 19.1. The average molecular weight is 539 g/mol. The molecule has 11 heteroatoms. The summed E-state index contributed by atoms with van der Waals surface area (Å²) >= 11 is 0. The van der Waals surface area contributed by atoms with Crippen molar-refractivity contribution in [3.63, 3.8) is 0 Å². The maximum absolute atomic E-state index is 11.7. The molecule has 1 amide bonds. The Hall–Kier alpha value is -1.63. The lowest BCUT2D eigenvalue weighted by molar-refractivity contribution is 0.0527. The number of ether oxygens (including phenoxy) is 2. The lowest BCUT2D eigenvalue weighted by Gasteiger charge is -2.19. The maximum atomic E-state index is 11.7. The third-order valence-electron chi connectivity index (χ3n) is 3.84. The number of carbonyl (C=O) groups excluding carboxylic acids is 1. The summed E-state index contributed by atoms with van der Waals surface area (Å²) in [6.07, 6.45) is 1.22. The van der Waals surface area contributed by atoms with Gasteiger partial charge in [-0.25, -0.2) is 9.79 Å². The fourth-order valence-electron chi connectivity index (χ4n) is 2.24. The van der Waals surface area contributed by atoms with Crippen LogP contribution in [0.3, 0.4) is 0 Å². The van der Waals surface area contributed by atoms with E-state index in [9.17, 15) is 4.79 Å². The van der Waals surface area contributed by atoms with E-state index < -0.39 is 11.7 Å². The number of aryl methyl sites for hydroxylation is 1. The number of aromatic nitrogens is 3. The van der Waals surface area contributed by atoms with Gasteiger partial charge in [-0.2, -0.15) is 0 Å². The minimum atomic E-state index is -0.494. The molecular weight excluding hydrogens is 501 g/mol. The van der Waals surface area contributed by atoms with Gasteiger partial charge >= 0.3 is 6.09 Å². The average Bonchev–Trinajstić information content (AvgIpc) is 2.95. The van der Waals surface area contributed by atoms with Gasteiger partial charge in [0.2, 0.25) is 0 Å². The zero-order valence-corrected chi connectivity index (χ0v) is 21.4. The third-order valence-corrected chi connectivity index (χ3v) is 3.84. The van der Waals surface area contributed by atoms with E-state index in [2.05, 4.69) is 31.1 Å². The lowest BCUT2D eigenvalue weighted by Crippen LogP contribution is -2.40. The summed E-state index contributed by atoms with van der Waals surface area (Å²) in [4.78, 5) is 16.2. The van der Waals surface area contributed by atoms with Crippen molar-refractivity contribution in [2.24, 2.45) is 12.0 Å². The first-order chi connectivity index (χ1) is 13.7. The fourth-order valence-corrected chi connectivity index (χ4v) is 2.24. The largest absolute Gasteiger partial charge is 0.444 e. The molecule has 0 saturated carbocycles. The summed E-state index contributed by atoms with van der Waals surface area (Å²) in [5.41, 5.74) is -0.494. The third kappa shape index (κ3) is 12.8. The number of halogens is 1. The predicted molar refractivity (Wildman–Crippen MR) is 128 cm³/mol. The van der Waals surface area contributed by atoms with E-state index >= 15 is 0 Å². The normalized spacial score (nSPS) is 11.6. The Morgan fingerprint density at radius 3 is 2.30 bits per heavy atom. The second-order valence-corrected chi connectivity index (χ2v) is 7.57. The van der Waals surface area contributed by atoms with E-state index in [1.807, 2.05) is 46.2 Å². The standard InChI is InChI=1S/C19H37N7O3.HI/c1-7-28-13-9-12-21-17(23-14-16-25-24-15(2)26(16)6)20-10-8-11-22-18(27)29-19(3,4)5;/h7-14H2,1-6H3,(H,22,27)(H2,20,21,23);1H. The molecule has 1 aromatic heterocycles. The number of carbonyl (C=O) groups is 1. The first kappa shape index (κ1) is 28.4. The SMILES string of the molecule is CCOCCCNC(=NCc1nnc(C)n1C)NCCCNC(=O)OC(C)(C)C.I. The van der Waals surface area contributed by atoms with E-state index in [-0.39, 0.29) is 24.0 Å². The molecule has 0 aromatic carbocycles. The molecule has 1 rings (SSSR count). The minimum Gasteiger partial charge on any atom is -0.444 e. The van der Waals surface area contributed by atoms with E-state index in [0.29, 0.717) is 32.2 Å². The van der Waals surface area contributed by atoms with Crippen LogP contribution in [0.2, 0.25) is 0 Å². The van der Waals surface area contributed by atoms with E-state index in [1.165, 1.54) is 0 Å². The summed E-state index contributed by atoms with van der Waals surface area (Å²) in [5.74, 6) is 2.34. The van der Waals surface area contributed by atoms with Gasteiger partial charge in [0.05, 0.1) is 0 Å². The quantitative estimate of drug-likeness (QED) is 0.171. The van der Waals surface area contributed by atoms with Crippen molar-refractivity contribution in [3.05, 3.63) is 11.6 Å². The molecule has 3 N–H and O–H groups in total. The van der Waals surface area contributed by atoms with E-state index in [4.69, 9.17) is 9.47 Å². The summed E-state index contributed by atoms with van der Waals surface area (Å²) in [6.45, 7) is 13.2. The van der Waals surface area contributed by atoms with Crippen molar-refractivity contribution in [1.29, 1.82) is 0 Å². The lowest BCUT2D eigenvalue weighted by atomic mass is 10.2. The van der Waals surface area contributed by atoms with Gasteiger partial charge in [-0.3, -0.25) is 0 Å². The van der Waals surface area contributed by atoms with Crippen LogP contribution in [0.25, 0.3) is 0 Å². The van der Waals surface area contributed by atoms with Crippen molar-refractivity contribution in [2.75, 3.05) is 32.8 Å². The predicted octanol–water partition coefficient (Wildman–Crippen LogP) is 2.12. The Bertz CT molecular complexity index is 645. The molecule has 1 heterocycles. The number of amides is 1. The Morgan fingerprint density at radius 2 is 1.73 bits per heavy atom. The number of nitrogens with one attached hydrogen (secondary N) is 3. The van der Waals surface area contributed by atoms with Gasteiger partial charge in [0.15, 0.2) is 11.8 Å². The van der Waals surface area contributed by atoms with Gasteiger partial charge in [-0.15, -0.1) is 34.2 Å². The van der Waals surface area contributed by atoms with Crippen LogP contribution in [0.5, 0.6) is 0 Å². The molecule has 0 unspecified atom stereocenters. The minimum absolute atomic E-state index is 0. The smallest absolute Gasteiger partial charge is 0.407 e. The van der Waals surface area contributed by atoms with Crippen molar-refractivity contribution in [1.82, 2.24) is 30.7 Å². The highest BCUT2D eigenvalue weighted by Gasteiger charge is 2.15. The molecule has 0 aliphatic carbocycles. The molecule has 10 nitrogen and oxygen atoms in total. The molecule has 0 spiro atoms. The molecule has 30 heavy (non-hydrogen) atoms. The van der Waals surface area contributed by atoms with Gasteiger partial charge in [-0.1, -0.05) is 0 Å². The number of nitrogens with zero attached hydrogens (tertiary/aromatic N) is 4. The van der Waals surface area contributed by atoms with Crippen molar-refractivity contribution in [3.8, 4) is 0 Å². The van der Waals surface area contributed by atoms with E-state index in [1.54, 1.807) is 0 Å². The van der Waals surface area contributed by atoms with Crippen LogP contribution in [0.1, 0.15) is 52.2 Å². The molecule has 0 fully saturated rings. The molecule has 0 radical (unpaired) electrons. The fraction of sp³-hybridized carbons (Fsp3) is 0.789. The Balaban J connectivity index is 0.00000841. The topological polar surface area (TPSA) is 115 Å². The first-order valence-electron chi connectivity index (χ1n) is 10.1. The van der Waals surface area contributed by atoms with Crippen LogP contribution in [0.15, 0.2) is 4.99 Å². The molecule has 0 bridgehead atoms. The second-order valence-electron chi connectivity index (χ2n) is 7.57. The molecular formula is C19H38IN7O3. The van der Waals surface area contributed by atoms with Crippen LogP contribution in [-0.4, -0.2) is 65.3 Å². The van der Waals surface area contributed by atoms with Gasteiger partial charge in [0.25, 0.3) is 0 Å². The van der Waals surface area contributed by atoms with Crippen LogP contribution < -0.4 is 16.0 Å². The highest BCUT2D eigenvalue weighted by molar-refractivity contribution is 14.0. The molecule has 0 saturated heterocycles. The number of hydrogen-bond donors (Lipinski definition) is 3. The Kier molecular flexibility index (Phi) is 14.4. The number of guanidine groups is 1. The van der Waals surface area contributed by atoms with Crippen molar-refractivity contribution in [2.45, 2.75) is 59.6 Å². The molecule has 0 aliphatic heterocycles. The summed E-state index contributed by atoms with van der Waals surface area (Å²) in [5, 5.41) is 17.5. The second kappa shape index (κ2) is 15.2. The molecule has 0 atom stereocenters. The first-order valence-corrected chi connectivity index (χ1v) is 10.1. The number of rotatable bonds is 11. The number of alkyl carbamates (subject to hydrolysis) is 1. The van der Waals surface area contributed by atoms with Crippen LogP contribution in [-0.2, 0) is 23.1 Å². The summed E-state index contributed by atoms with van der Waals surface area (Å²) < 4.78 is 12.5. The number of aliphatic imine (C=N–C) groups is 1. The monoisotopic (exact) mass is 539 g/mol. The van der Waals surface area contributed by atoms with Crippen LogP contribution in [0.4, 0.5) is 4.79 Å². The van der Waals surface area contributed by atoms with Gasteiger partial charge < -0.3 is 30.0 Å². The van der Waals surface area contributed by atoms with Crippen LogP contribution >= 0.6 is 24.0 Å². The van der Waals surface area contributed by atoms with Crippen molar-refractivity contribution >= 4 is 36.0 Å². The van der Waals surface area contributed by atoms with Gasteiger partial charge in [-0.05, 0) is 47.5 Å². The maximum Gasteiger partial charge on any atom is 0.407 e. The molecule has 174 valence electrons. The highest BCUT2D eigenvalue weighted by atomic mass is 127. The summed E-state index contributed by atoms with van der Waals surface area (Å²) in [6, 6.07) is 0. The number of hydrogen-bond acceptors (Lipinski definition) is 6. The molecule has 0 aliphatic rings. The van der Waals surface area contributed by atoms with Crippen LogP contribution in [0, 0.1) is 6.92 Å². The van der Waals surface area contributed by atoms with Gasteiger partial charge in [0, 0.05) is 39.9 Å². The molecule has 1 aromatic rings. The Morgan fingerprint density at radius 1 is 1.10 bits per heavy atom. The van der Waals surface area contributed by atoms with E-state index in [0.717, 1.165) is 37.6 Å².